The number of thiazole rings is 1. The number of para-hydroxylation sites is 2. The Balaban J connectivity index is 0.000000686. The van der Waals surface area contributed by atoms with Crippen LogP contribution >= 0.6 is 19.3 Å². The van der Waals surface area contributed by atoms with E-state index in [1.54, 1.807) is 11.3 Å². The molecule has 0 saturated heterocycles. The Morgan fingerprint density at radius 3 is 1.50 bits per heavy atom. The quantitative estimate of drug-likeness (QED) is 0.0568. The van der Waals surface area contributed by atoms with Gasteiger partial charge in [0.25, 0.3) is 0 Å². The Hall–Kier alpha value is -1.52. The summed E-state index contributed by atoms with van der Waals surface area (Å²) in [6, 6.07) is 18.4. The predicted molar refractivity (Wildman–Crippen MR) is 204 cm³/mol. The maximum atomic E-state index is 6.63. The molecule has 0 N–H and O–H groups in total. The first-order valence-electron chi connectivity index (χ1n) is 18.9. The minimum Gasteiger partial charge on any atom is -0.287 e. The van der Waals surface area contributed by atoms with Crippen molar-refractivity contribution in [3.63, 3.8) is 0 Å². The van der Waals surface area contributed by atoms with Crippen molar-refractivity contribution in [2.45, 2.75) is 156 Å². The SMILES string of the molecule is CCCCCCCCCO[P+](CCCCCCCCC)(OCCCCCCCCC)Oc1ccccc1.c1ccc2scnc2c1. The fourth-order valence-electron chi connectivity index (χ4n) is 5.50. The van der Waals surface area contributed by atoms with Crippen LogP contribution in [0.1, 0.15) is 156 Å². The number of unbranched alkanes of at least 4 members (excludes halogenated alkanes) is 18. The molecule has 0 amide bonds. The van der Waals surface area contributed by atoms with Crippen molar-refractivity contribution in [1.29, 1.82) is 0 Å². The Kier molecular flexibility index (Phi) is 25.2. The lowest BCUT2D eigenvalue weighted by Crippen LogP contribution is -2.15. The van der Waals surface area contributed by atoms with E-state index in [9.17, 15) is 0 Å². The van der Waals surface area contributed by atoms with Gasteiger partial charge in [0, 0.05) is 0 Å². The van der Waals surface area contributed by atoms with Crippen LogP contribution in [0.25, 0.3) is 10.2 Å². The van der Waals surface area contributed by atoms with Gasteiger partial charge in [-0.15, -0.1) is 11.3 Å². The van der Waals surface area contributed by atoms with Gasteiger partial charge in [-0.2, -0.15) is 9.05 Å². The van der Waals surface area contributed by atoms with Crippen LogP contribution in [0.2, 0.25) is 0 Å². The first-order valence-corrected chi connectivity index (χ1v) is 21.5. The van der Waals surface area contributed by atoms with Crippen LogP contribution < -0.4 is 4.52 Å². The van der Waals surface area contributed by atoms with Crippen molar-refractivity contribution in [2.24, 2.45) is 0 Å². The molecular formula is C40H67NO3PS+. The van der Waals surface area contributed by atoms with Crippen molar-refractivity contribution in [3.8, 4) is 5.75 Å². The summed E-state index contributed by atoms with van der Waals surface area (Å²) in [7, 11) is -2.41. The van der Waals surface area contributed by atoms with Crippen LogP contribution in [0.3, 0.4) is 0 Å². The van der Waals surface area contributed by atoms with Gasteiger partial charge in [-0.3, -0.25) is 4.52 Å². The van der Waals surface area contributed by atoms with Gasteiger partial charge in [-0.1, -0.05) is 160 Å². The monoisotopic (exact) mass is 672 g/mol. The van der Waals surface area contributed by atoms with E-state index in [0.717, 1.165) is 49.9 Å². The maximum absolute atomic E-state index is 6.63. The van der Waals surface area contributed by atoms with E-state index in [1.165, 1.54) is 120 Å². The summed E-state index contributed by atoms with van der Waals surface area (Å²) in [4.78, 5) is 4.14. The van der Waals surface area contributed by atoms with Crippen molar-refractivity contribution >= 4 is 29.5 Å². The molecule has 0 spiro atoms. The van der Waals surface area contributed by atoms with Gasteiger partial charge in [-0.05, 0) is 49.9 Å². The normalized spacial score (nSPS) is 11.5. The van der Waals surface area contributed by atoms with Crippen LogP contribution in [-0.2, 0) is 9.05 Å². The van der Waals surface area contributed by atoms with Crippen LogP contribution in [0.5, 0.6) is 5.75 Å². The molecule has 0 aliphatic rings. The number of benzene rings is 2. The summed E-state index contributed by atoms with van der Waals surface area (Å²) < 4.78 is 21.2. The third-order valence-corrected chi connectivity index (χ3v) is 11.6. The third-order valence-electron chi connectivity index (χ3n) is 8.33. The van der Waals surface area contributed by atoms with Gasteiger partial charge in [0.1, 0.15) is 6.16 Å². The van der Waals surface area contributed by atoms with Gasteiger partial charge < -0.3 is 0 Å². The molecule has 0 unspecified atom stereocenters. The Bertz CT molecular complexity index is 1010. The lowest BCUT2D eigenvalue weighted by molar-refractivity contribution is 0.174. The lowest BCUT2D eigenvalue weighted by Gasteiger charge is -2.23. The van der Waals surface area contributed by atoms with Gasteiger partial charge >= 0.3 is 7.94 Å². The Morgan fingerprint density at radius 2 is 0.978 bits per heavy atom. The van der Waals surface area contributed by atoms with Crippen molar-refractivity contribution in [1.82, 2.24) is 4.98 Å². The standard InChI is InChI=1S/C33H62O3P.C7H5NS/c1-4-7-10-13-16-19-25-30-34-37(36-33-28-23-22-24-29-33,32-27-21-18-15-12-9-6-3)35-31-26-20-17-14-11-8-5-2;1-2-4-7-6(3-1)8-5-9-7/h22-24,28-29H,4-21,25-27,30-32H2,1-3H3;1-5H/q+1;. The summed E-state index contributed by atoms with van der Waals surface area (Å²) in [5.41, 5.74) is 2.97. The lowest BCUT2D eigenvalue weighted by atomic mass is 10.1. The minimum absolute atomic E-state index is 0.752. The van der Waals surface area contributed by atoms with Gasteiger partial charge in [-0.25, -0.2) is 4.98 Å². The van der Waals surface area contributed by atoms with Crippen LogP contribution in [-0.4, -0.2) is 24.4 Å². The summed E-state index contributed by atoms with van der Waals surface area (Å²) >= 11 is 1.68. The van der Waals surface area contributed by atoms with Crippen LogP contribution in [0.15, 0.2) is 60.1 Å². The number of fused-ring (bicyclic) bond motifs is 1. The molecular weight excluding hydrogens is 605 g/mol. The Morgan fingerprint density at radius 1 is 0.522 bits per heavy atom. The van der Waals surface area contributed by atoms with E-state index in [0.29, 0.717) is 0 Å². The molecule has 6 heteroatoms. The van der Waals surface area contributed by atoms with Crippen molar-refractivity contribution in [3.05, 3.63) is 60.1 Å². The van der Waals surface area contributed by atoms with Crippen molar-refractivity contribution in [2.75, 3.05) is 19.4 Å². The van der Waals surface area contributed by atoms with E-state index < -0.39 is 7.94 Å². The highest BCUT2D eigenvalue weighted by Crippen LogP contribution is 2.62. The minimum atomic E-state index is -2.41. The second-order valence-electron chi connectivity index (χ2n) is 12.6. The van der Waals surface area contributed by atoms with E-state index in [4.69, 9.17) is 13.6 Å². The molecule has 0 saturated carbocycles. The molecule has 46 heavy (non-hydrogen) atoms. The summed E-state index contributed by atoms with van der Waals surface area (Å²) in [6.45, 7) is 8.34. The highest BCUT2D eigenvalue weighted by atomic mass is 32.1. The molecule has 3 aromatic rings. The fourth-order valence-corrected chi connectivity index (χ4v) is 8.57. The molecule has 0 fully saturated rings. The molecule has 1 aromatic heterocycles. The summed E-state index contributed by atoms with van der Waals surface area (Å²) in [6.07, 6.45) is 28.0. The van der Waals surface area contributed by atoms with E-state index in [1.807, 2.05) is 54.0 Å². The first-order chi connectivity index (χ1) is 22.7. The highest BCUT2D eigenvalue weighted by molar-refractivity contribution is 7.62. The fraction of sp³-hybridized carbons (Fsp3) is 0.675. The molecule has 1 heterocycles. The smallest absolute Gasteiger partial charge is 0.287 e. The molecule has 2 aromatic carbocycles. The Labute approximate surface area is 288 Å². The number of hydrogen-bond acceptors (Lipinski definition) is 5. The zero-order valence-corrected chi connectivity index (χ0v) is 31.5. The molecule has 0 atom stereocenters. The first kappa shape index (κ1) is 40.7. The maximum Gasteiger partial charge on any atom is 0.456 e. The molecule has 0 radical (unpaired) electrons. The summed E-state index contributed by atoms with van der Waals surface area (Å²) in [5, 5.41) is 0. The number of rotatable bonds is 28. The molecule has 3 rings (SSSR count). The van der Waals surface area contributed by atoms with Gasteiger partial charge in [0.05, 0.1) is 28.9 Å². The topological polar surface area (TPSA) is 40.6 Å². The zero-order chi connectivity index (χ0) is 32.8. The van der Waals surface area contributed by atoms with Gasteiger partial charge in [0.15, 0.2) is 5.75 Å². The molecule has 260 valence electrons. The number of nitrogens with zero attached hydrogens (tertiary/aromatic N) is 1. The van der Waals surface area contributed by atoms with Crippen LogP contribution in [0.4, 0.5) is 0 Å². The summed E-state index contributed by atoms with van der Waals surface area (Å²) in [5.74, 6) is 0.887. The predicted octanol–water partition coefficient (Wildman–Crippen LogP) is 14.4. The molecule has 0 bridgehead atoms. The van der Waals surface area contributed by atoms with Crippen LogP contribution in [0, 0.1) is 0 Å². The second kappa shape index (κ2) is 28.5. The average Bonchev–Trinajstić information content (AvgIpc) is 3.57. The van der Waals surface area contributed by atoms with Gasteiger partial charge in [0.2, 0.25) is 0 Å². The number of aromatic nitrogens is 1. The van der Waals surface area contributed by atoms with E-state index >= 15 is 0 Å². The molecule has 4 nitrogen and oxygen atoms in total. The van der Waals surface area contributed by atoms with Crippen molar-refractivity contribution < 1.29 is 13.6 Å². The number of hydrogen-bond donors (Lipinski definition) is 0. The zero-order valence-electron chi connectivity index (χ0n) is 29.8. The molecule has 0 aliphatic carbocycles. The van der Waals surface area contributed by atoms with E-state index in [-0.39, 0.29) is 0 Å². The van der Waals surface area contributed by atoms with E-state index in [2.05, 4.69) is 31.8 Å². The second-order valence-corrected chi connectivity index (χ2v) is 15.8. The molecule has 0 aliphatic heterocycles. The third kappa shape index (κ3) is 20.0. The average molecular weight is 673 g/mol. The highest BCUT2D eigenvalue weighted by Gasteiger charge is 2.46. The largest absolute Gasteiger partial charge is 0.456 e.